The normalized spacial score (nSPS) is 15.5. The Bertz CT molecular complexity index is 751. The lowest BCUT2D eigenvalue weighted by Crippen LogP contribution is -2.37. The minimum absolute atomic E-state index is 0.712. The second-order valence-corrected chi connectivity index (χ2v) is 4.80. The van der Waals surface area contributed by atoms with E-state index in [1.54, 1.807) is 24.9 Å². The van der Waals surface area contributed by atoms with Gasteiger partial charge >= 0.3 is 0 Å². The summed E-state index contributed by atoms with van der Waals surface area (Å²) in [4.78, 5) is 19.7. The summed E-state index contributed by atoms with van der Waals surface area (Å²) in [6, 6.07) is 3.87. The molecule has 1 fully saturated rings. The number of ether oxygens (including phenoxy) is 1. The second-order valence-electron chi connectivity index (χ2n) is 4.80. The molecule has 4 heterocycles. The van der Waals surface area contributed by atoms with Gasteiger partial charge in [-0.2, -0.15) is 4.98 Å². The number of rotatable bonds is 2. The number of pyridine rings is 1. The number of nitrogens with zero attached hydrogens (tertiary/aromatic N) is 6. The van der Waals surface area contributed by atoms with E-state index in [1.165, 1.54) is 0 Å². The first kappa shape index (κ1) is 12.2. The molecule has 0 saturated carbocycles. The van der Waals surface area contributed by atoms with E-state index in [0.29, 0.717) is 13.2 Å². The molecule has 0 N–H and O–H groups in total. The largest absolute Gasteiger partial charge is 0.378 e. The topological polar surface area (TPSA) is 69.0 Å². The van der Waals surface area contributed by atoms with Gasteiger partial charge < -0.3 is 9.64 Å². The Morgan fingerprint density at radius 2 is 2.00 bits per heavy atom. The van der Waals surface area contributed by atoms with E-state index in [-0.39, 0.29) is 0 Å². The number of morpholine rings is 1. The fourth-order valence-corrected chi connectivity index (χ4v) is 2.40. The fraction of sp³-hybridized carbons (Fsp3) is 0.286. The zero-order chi connectivity index (χ0) is 14.1. The Balaban J connectivity index is 1.79. The average Bonchev–Trinajstić information content (AvgIpc) is 2.99. The maximum Gasteiger partial charge on any atom is 0.227 e. The smallest absolute Gasteiger partial charge is 0.227 e. The van der Waals surface area contributed by atoms with Crippen LogP contribution in [0.5, 0.6) is 0 Å². The fourth-order valence-electron chi connectivity index (χ4n) is 2.40. The van der Waals surface area contributed by atoms with Gasteiger partial charge in [-0.3, -0.25) is 9.55 Å². The van der Waals surface area contributed by atoms with Crippen molar-refractivity contribution < 1.29 is 4.74 Å². The van der Waals surface area contributed by atoms with Crippen molar-refractivity contribution in [2.75, 3.05) is 31.2 Å². The standard InChI is InChI=1S/C14H14N6O/c1-2-11(8-15-3-1)20-10-17-12-9-16-14(18-13(12)20)19-4-6-21-7-5-19/h1-3,8-10H,4-7H2. The average molecular weight is 282 g/mol. The molecule has 0 atom stereocenters. The summed E-state index contributed by atoms with van der Waals surface area (Å²) in [6.07, 6.45) is 7.05. The van der Waals surface area contributed by atoms with E-state index in [4.69, 9.17) is 4.74 Å². The molecule has 0 radical (unpaired) electrons. The molecule has 0 bridgehead atoms. The summed E-state index contributed by atoms with van der Waals surface area (Å²) in [5.41, 5.74) is 2.50. The van der Waals surface area contributed by atoms with Crippen molar-refractivity contribution in [2.45, 2.75) is 0 Å². The Labute approximate surface area is 121 Å². The molecule has 0 aliphatic carbocycles. The Morgan fingerprint density at radius 3 is 2.81 bits per heavy atom. The van der Waals surface area contributed by atoms with Gasteiger partial charge in [0.15, 0.2) is 5.65 Å². The van der Waals surface area contributed by atoms with Crippen molar-refractivity contribution in [3.63, 3.8) is 0 Å². The van der Waals surface area contributed by atoms with Crippen LogP contribution in [0, 0.1) is 0 Å². The first-order valence-corrected chi connectivity index (χ1v) is 6.85. The summed E-state index contributed by atoms with van der Waals surface area (Å²) in [5, 5.41) is 0. The minimum Gasteiger partial charge on any atom is -0.378 e. The molecule has 3 aromatic rings. The maximum absolute atomic E-state index is 5.36. The highest BCUT2D eigenvalue weighted by Crippen LogP contribution is 2.18. The Morgan fingerprint density at radius 1 is 1.10 bits per heavy atom. The summed E-state index contributed by atoms with van der Waals surface area (Å²) >= 11 is 0. The molecule has 0 unspecified atom stereocenters. The van der Waals surface area contributed by atoms with Crippen molar-refractivity contribution in [1.29, 1.82) is 0 Å². The van der Waals surface area contributed by atoms with Crippen LogP contribution in [0.4, 0.5) is 5.95 Å². The molecule has 106 valence electrons. The lowest BCUT2D eigenvalue weighted by atomic mass is 10.4. The number of imidazole rings is 1. The molecule has 3 aromatic heterocycles. The molecule has 1 saturated heterocycles. The van der Waals surface area contributed by atoms with Gasteiger partial charge in [-0.25, -0.2) is 9.97 Å². The van der Waals surface area contributed by atoms with E-state index < -0.39 is 0 Å². The lowest BCUT2D eigenvalue weighted by Gasteiger charge is -2.26. The number of hydrogen-bond acceptors (Lipinski definition) is 6. The molecular formula is C14H14N6O. The highest BCUT2D eigenvalue weighted by atomic mass is 16.5. The highest BCUT2D eigenvalue weighted by Gasteiger charge is 2.16. The van der Waals surface area contributed by atoms with Crippen molar-refractivity contribution in [1.82, 2.24) is 24.5 Å². The van der Waals surface area contributed by atoms with Crippen molar-refractivity contribution in [3.05, 3.63) is 37.1 Å². The van der Waals surface area contributed by atoms with Gasteiger partial charge in [-0.1, -0.05) is 0 Å². The summed E-state index contributed by atoms with van der Waals surface area (Å²) in [5.74, 6) is 0.719. The molecule has 4 rings (SSSR count). The monoisotopic (exact) mass is 282 g/mol. The van der Waals surface area contributed by atoms with E-state index in [1.807, 2.05) is 16.7 Å². The Hall–Kier alpha value is -2.54. The SMILES string of the molecule is c1cncc(-n2cnc3cnc(N4CCOCC4)nc32)c1. The third-order valence-corrected chi connectivity index (χ3v) is 3.50. The van der Waals surface area contributed by atoms with Gasteiger partial charge in [-0.05, 0) is 12.1 Å². The first-order chi connectivity index (χ1) is 10.4. The van der Waals surface area contributed by atoms with E-state index in [0.717, 1.165) is 35.9 Å². The number of aromatic nitrogens is 5. The van der Waals surface area contributed by atoms with Crippen LogP contribution in [0.1, 0.15) is 0 Å². The maximum atomic E-state index is 5.36. The molecule has 7 nitrogen and oxygen atoms in total. The van der Waals surface area contributed by atoms with Crippen LogP contribution in [-0.4, -0.2) is 50.8 Å². The number of anilines is 1. The summed E-state index contributed by atoms with van der Waals surface area (Å²) < 4.78 is 7.29. The molecular weight excluding hydrogens is 268 g/mol. The van der Waals surface area contributed by atoms with Crippen molar-refractivity contribution in [2.24, 2.45) is 0 Å². The minimum atomic E-state index is 0.712. The third-order valence-electron chi connectivity index (χ3n) is 3.50. The zero-order valence-electron chi connectivity index (χ0n) is 11.4. The molecule has 21 heavy (non-hydrogen) atoms. The Kier molecular flexibility index (Phi) is 2.97. The molecule has 0 amide bonds. The van der Waals surface area contributed by atoms with E-state index >= 15 is 0 Å². The van der Waals surface area contributed by atoms with Crippen LogP contribution in [0.2, 0.25) is 0 Å². The van der Waals surface area contributed by atoms with Crippen molar-refractivity contribution in [3.8, 4) is 5.69 Å². The van der Waals surface area contributed by atoms with Crippen LogP contribution >= 0.6 is 0 Å². The first-order valence-electron chi connectivity index (χ1n) is 6.85. The molecule has 0 spiro atoms. The van der Waals surface area contributed by atoms with Gasteiger partial charge in [0.2, 0.25) is 5.95 Å². The van der Waals surface area contributed by atoms with E-state index in [9.17, 15) is 0 Å². The van der Waals surface area contributed by atoms with Gasteiger partial charge in [0.05, 0.1) is 31.3 Å². The summed E-state index contributed by atoms with van der Waals surface area (Å²) in [7, 11) is 0. The third kappa shape index (κ3) is 2.21. The van der Waals surface area contributed by atoms with Gasteiger partial charge in [-0.15, -0.1) is 0 Å². The number of hydrogen-bond donors (Lipinski definition) is 0. The van der Waals surface area contributed by atoms with E-state index in [2.05, 4.69) is 24.8 Å². The second kappa shape index (κ2) is 5.10. The van der Waals surface area contributed by atoms with Gasteiger partial charge in [0, 0.05) is 19.3 Å². The van der Waals surface area contributed by atoms with Crippen LogP contribution in [0.25, 0.3) is 16.9 Å². The van der Waals surface area contributed by atoms with Crippen molar-refractivity contribution >= 4 is 17.1 Å². The molecule has 1 aliphatic rings. The summed E-state index contributed by atoms with van der Waals surface area (Å²) in [6.45, 7) is 3.05. The predicted octanol–water partition coefficient (Wildman–Crippen LogP) is 1.05. The predicted molar refractivity (Wildman–Crippen MR) is 77.5 cm³/mol. The van der Waals surface area contributed by atoms with Crippen LogP contribution in [0.3, 0.4) is 0 Å². The van der Waals surface area contributed by atoms with Crippen LogP contribution in [0.15, 0.2) is 37.1 Å². The molecule has 7 heteroatoms. The molecule has 1 aliphatic heterocycles. The van der Waals surface area contributed by atoms with Crippen LogP contribution in [-0.2, 0) is 4.74 Å². The quantitative estimate of drug-likeness (QED) is 0.699. The molecule has 0 aromatic carbocycles. The van der Waals surface area contributed by atoms with Gasteiger partial charge in [0.25, 0.3) is 0 Å². The number of fused-ring (bicyclic) bond motifs is 1. The van der Waals surface area contributed by atoms with Crippen LogP contribution < -0.4 is 4.90 Å². The zero-order valence-corrected chi connectivity index (χ0v) is 11.4. The van der Waals surface area contributed by atoms with Gasteiger partial charge in [0.1, 0.15) is 11.8 Å². The lowest BCUT2D eigenvalue weighted by molar-refractivity contribution is 0.122. The highest BCUT2D eigenvalue weighted by molar-refractivity contribution is 5.73.